The molecule has 0 bridgehead atoms. The van der Waals surface area contributed by atoms with E-state index in [4.69, 9.17) is 0 Å². The third-order valence-electron chi connectivity index (χ3n) is 4.05. The molecule has 2 rings (SSSR count). The monoisotopic (exact) mass is 278 g/mol. The van der Waals surface area contributed by atoms with Crippen LogP contribution in [-0.4, -0.2) is 31.2 Å². The van der Waals surface area contributed by atoms with Crippen molar-refractivity contribution in [3.8, 4) is 0 Å². The summed E-state index contributed by atoms with van der Waals surface area (Å²) in [7, 11) is 0. The van der Waals surface area contributed by atoms with Gasteiger partial charge in [-0.3, -0.25) is 4.79 Å². The molecule has 2 aliphatic rings. The van der Waals surface area contributed by atoms with Crippen LogP contribution in [0.2, 0.25) is 0 Å². The van der Waals surface area contributed by atoms with Crippen LogP contribution >= 0.6 is 0 Å². The van der Waals surface area contributed by atoms with Crippen molar-refractivity contribution in [3.63, 3.8) is 0 Å². The predicted octanol–water partition coefficient (Wildman–Crippen LogP) is 2.22. The molecule has 2 aliphatic carbocycles. The van der Waals surface area contributed by atoms with Gasteiger partial charge in [0.25, 0.3) is 0 Å². The molecule has 2 N–H and O–H groups in total. The van der Waals surface area contributed by atoms with Crippen LogP contribution in [0.25, 0.3) is 0 Å². The number of rotatable bonds is 5. The fraction of sp³-hybridized carbons (Fsp3) is 0.923. The molecular formula is C13H21F3N2O. The second kappa shape index (κ2) is 6.11. The highest BCUT2D eigenvalue weighted by Gasteiger charge is 2.43. The Morgan fingerprint density at radius 3 is 2.47 bits per heavy atom. The summed E-state index contributed by atoms with van der Waals surface area (Å²) in [6.45, 7) is -1.37. The second-order valence-electron chi connectivity index (χ2n) is 5.69. The van der Waals surface area contributed by atoms with Crippen molar-refractivity contribution >= 4 is 5.91 Å². The molecule has 0 heterocycles. The molecule has 2 fully saturated rings. The van der Waals surface area contributed by atoms with E-state index in [0.29, 0.717) is 11.8 Å². The molecule has 0 unspecified atom stereocenters. The first-order valence-corrected chi connectivity index (χ1v) is 7.02. The van der Waals surface area contributed by atoms with E-state index >= 15 is 0 Å². The van der Waals surface area contributed by atoms with E-state index in [-0.39, 0.29) is 18.5 Å². The van der Waals surface area contributed by atoms with Crippen LogP contribution in [0.15, 0.2) is 0 Å². The summed E-state index contributed by atoms with van der Waals surface area (Å²) in [5, 5.41) is 4.93. The van der Waals surface area contributed by atoms with Crippen LogP contribution in [-0.2, 0) is 4.79 Å². The van der Waals surface area contributed by atoms with Gasteiger partial charge in [-0.1, -0.05) is 32.1 Å². The van der Waals surface area contributed by atoms with Gasteiger partial charge in [0.2, 0.25) is 5.91 Å². The number of hydrogen-bond donors (Lipinski definition) is 2. The Balaban J connectivity index is 1.59. The minimum absolute atomic E-state index is 0.197. The zero-order chi connectivity index (χ0) is 13.9. The Hall–Kier alpha value is -0.780. The fourth-order valence-corrected chi connectivity index (χ4v) is 3.04. The Labute approximate surface area is 111 Å². The summed E-state index contributed by atoms with van der Waals surface area (Å²) >= 11 is 0. The zero-order valence-electron chi connectivity index (χ0n) is 10.9. The smallest absolute Gasteiger partial charge is 0.352 e. The number of amides is 1. The lowest BCUT2D eigenvalue weighted by molar-refractivity contribution is -0.128. The lowest BCUT2D eigenvalue weighted by Gasteiger charge is -2.21. The van der Waals surface area contributed by atoms with Gasteiger partial charge >= 0.3 is 6.18 Å². The van der Waals surface area contributed by atoms with Gasteiger partial charge in [0.1, 0.15) is 0 Å². The normalized spacial score (nSPS) is 28.2. The first kappa shape index (κ1) is 14.6. The van der Waals surface area contributed by atoms with E-state index in [1.807, 2.05) is 0 Å². The van der Waals surface area contributed by atoms with Gasteiger partial charge in [-0.15, -0.1) is 0 Å². The molecule has 2 atom stereocenters. The summed E-state index contributed by atoms with van der Waals surface area (Å²) in [6, 6.07) is 0.197. The van der Waals surface area contributed by atoms with E-state index in [1.54, 1.807) is 0 Å². The van der Waals surface area contributed by atoms with Gasteiger partial charge in [0.15, 0.2) is 0 Å². The topological polar surface area (TPSA) is 41.1 Å². The van der Waals surface area contributed by atoms with Crippen LogP contribution in [0.3, 0.4) is 0 Å². The van der Waals surface area contributed by atoms with E-state index < -0.39 is 12.7 Å². The summed E-state index contributed by atoms with van der Waals surface area (Å²) in [5.41, 5.74) is 0. The van der Waals surface area contributed by atoms with E-state index in [0.717, 1.165) is 6.42 Å². The van der Waals surface area contributed by atoms with Crippen LogP contribution < -0.4 is 10.6 Å². The number of carbonyl (C=O) groups is 1. The Morgan fingerprint density at radius 2 is 1.84 bits per heavy atom. The van der Waals surface area contributed by atoms with Gasteiger partial charge < -0.3 is 10.6 Å². The molecule has 0 aliphatic heterocycles. The molecule has 6 heteroatoms. The summed E-state index contributed by atoms with van der Waals surface area (Å²) in [5.74, 6) is 0.946. The van der Waals surface area contributed by atoms with Crippen LogP contribution in [0.5, 0.6) is 0 Å². The quantitative estimate of drug-likeness (QED) is 0.809. The Morgan fingerprint density at radius 1 is 1.16 bits per heavy atom. The molecule has 1 amide bonds. The maximum Gasteiger partial charge on any atom is 0.401 e. The molecule has 0 aromatic carbocycles. The number of hydrogen-bond acceptors (Lipinski definition) is 2. The zero-order valence-corrected chi connectivity index (χ0v) is 10.9. The van der Waals surface area contributed by atoms with Gasteiger partial charge in [0.05, 0.1) is 13.1 Å². The molecule has 0 aromatic rings. The maximum absolute atomic E-state index is 11.9. The van der Waals surface area contributed by atoms with Crippen LogP contribution in [0.4, 0.5) is 13.2 Å². The summed E-state index contributed by atoms with van der Waals surface area (Å²) < 4.78 is 35.7. The van der Waals surface area contributed by atoms with Crippen LogP contribution in [0.1, 0.15) is 38.5 Å². The fourth-order valence-electron chi connectivity index (χ4n) is 3.04. The van der Waals surface area contributed by atoms with Gasteiger partial charge in [-0.2, -0.15) is 13.2 Å². The van der Waals surface area contributed by atoms with Gasteiger partial charge in [-0.25, -0.2) is 0 Å². The molecule has 0 aromatic heterocycles. The average Bonchev–Trinajstić information content (AvgIpc) is 3.07. The third kappa shape index (κ3) is 5.01. The van der Waals surface area contributed by atoms with Crippen molar-refractivity contribution in [2.75, 3.05) is 13.1 Å². The highest BCUT2D eigenvalue weighted by atomic mass is 19.4. The van der Waals surface area contributed by atoms with E-state index in [9.17, 15) is 18.0 Å². The molecule has 0 radical (unpaired) electrons. The molecule has 2 saturated carbocycles. The SMILES string of the molecule is O=C(CNCC(F)(F)F)N[C@H]1C[C@H]1C1CCCCC1. The highest BCUT2D eigenvalue weighted by molar-refractivity contribution is 5.78. The van der Waals surface area contributed by atoms with Gasteiger partial charge in [-0.05, 0) is 18.3 Å². The molecule has 3 nitrogen and oxygen atoms in total. The average molecular weight is 278 g/mol. The van der Waals surface area contributed by atoms with E-state index in [1.165, 1.54) is 32.1 Å². The molecular weight excluding hydrogens is 257 g/mol. The van der Waals surface area contributed by atoms with Crippen molar-refractivity contribution in [3.05, 3.63) is 0 Å². The maximum atomic E-state index is 11.9. The Bertz CT molecular complexity index is 314. The summed E-state index contributed by atoms with van der Waals surface area (Å²) in [6.07, 6.45) is 3.07. The number of nitrogens with one attached hydrogen (secondary N) is 2. The minimum Gasteiger partial charge on any atom is -0.352 e. The second-order valence-corrected chi connectivity index (χ2v) is 5.69. The molecule has 0 spiro atoms. The predicted molar refractivity (Wildman–Crippen MR) is 65.5 cm³/mol. The molecule has 19 heavy (non-hydrogen) atoms. The number of halogens is 3. The first-order chi connectivity index (χ1) is 8.96. The third-order valence-corrected chi connectivity index (χ3v) is 4.05. The Kier molecular flexibility index (Phi) is 4.71. The van der Waals surface area contributed by atoms with Crippen molar-refractivity contribution in [2.24, 2.45) is 11.8 Å². The lowest BCUT2D eigenvalue weighted by Crippen LogP contribution is -2.39. The summed E-state index contributed by atoms with van der Waals surface area (Å²) in [4.78, 5) is 11.5. The number of carbonyl (C=O) groups excluding carboxylic acids is 1. The minimum atomic E-state index is -4.26. The first-order valence-electron chi connectivity index (χ1n) is 7.02. The van der Waals surface area contributed by atoms with Crippen LogP contribution in [0, 0.1) is 11.8 Å². The van der Waals surface area contributed by atoms with Crippen molar-refractivity contribution < 1.29 is 18.0 Å². The molecule has 0 saturated heterocycles. The standard InChI is InChI=1S/C13H21F3N2O/c14-13(15,16)8-17-7-12(19)18-11-6-10(11)9-4-2-1-3-5-9/h9-11,17H,1-8H2,(H,18,19)/t10-,11-/m0/s1. The van der Waals surface area contributed by atoms with Gasteiger partial charge in [0, 0.05) is 6.04 Å². The van der Waals surface area contributed by atoms with E-state index in [2.05, 4.69) is 10.6 Å². The molecule has 110 valence electrons. The highest BCUT2D eigenvalue weighted by Crippen LogP contribution is 2.44. The largest absolute Gasteiger partial charge is 0.401 e. The van der Waals surface area contributed by atoms with Crippen molar-refractivity contribution in [2.45, 2.75) is 50.7 Å². The lowest BCUT2D eigenvalue weighted by atomic mass is 9.85. The number of alkyl halides is 3. The van der Waals surface area contributed by atoms with Crippen molar-refractivity contribution in [1.82, 2.24) is 10.6 Å². The van der Waals surface area contributed by atoms with Crippen molar-refractivity contribution in [1.29, 1.82) is 0 Å².